The van der Waals surface area contributed by atoms with E-state index in [1.165, 1.54) is 36.4 Å². The monoisotopic (exact) mass is 498 g/mol. The van der Waals surface area contributed by atoms with Gasteiger partial charge in [-0.15, -0.1) is 0 Å². The second-order valence-corrected chi connectivity index (χ2v) is 10.3. The lowest BCUT2D eigenvalue weighted by Crippen LogP contribution is -2.51. The molecule has 0 atom stereocenters. The topological polar surface area (TPSA) is 84.4 Å². The molecule has 5 rings (SSSR count). The molecule has 1 aromatic heterocycles. The second kappa shape index (κ2) is 10.7. The molecule has 36 heavy (non-hydrogen) atoms. The molecule has 7 nitrogen and oxygen atoms in total. The number of carbonyl (C=O) groups excluding carboxylic acids is 2. The third kappa shape index (κ3) is 5.32. The Kier molecular flexibility index (Phi) is 7.39. The van der Waals surface area contributed by atoms with Gasteiger partial charge < -0.3 is 10.1 Å². The molecule has 0 radical (unpaired) electrons. The molecule has 0 bridgehead atoms. The maximum Gasteiger partial charge on any atom is 0.315 e. The van der Waals surface area contributed by atoms with Gasteiger partial charge in [0.25, 0.3) is 5.91 Å². The highest BCUT2D eigenvalue weighted by molar-refractivity contribution is 5.99. The molecular formula is C27H32F2N4O3. The Hall–Kier alpha value is -2.78. The minimum atomic E-state index is -3.15. The quantitative estimate of drug-likeness (QED) is 0.535. The van der Waals surface area contributed by atoms with Gasteiger partial charge in [-0.2, -0.15) is 8.78 Å². The number of benzene rings is 1. The van der Waals surface area contributed by atoms with Crippen molar-refractivity contribution in [2.24, 2.45) is 0 Å². The zero-order valence-electron chi connectivity index (χ0n) is 20.3. The Bertz CT molecular complexity index is 1060. The lowest BCUT2D eigenvalue weighted by molar-refractivity contribution is -0.131. The van der Waals surface area contributed by atoms with Crippen molar-refractivity contribution in [1.82, 2.24) is 20.2 Å². The number of Topliss-reactive ketones (excluding diaryl/α,β-unsaturated/α-hetero) is 1. The van der Waals surface area contributed by atoms with E-state index in [1.807, 2.05) is 5.32 Å². The summed E-state index contributed by atoms with van der Waals surface area (Å²) >= 11 is 0. The summed E-state index contributed by atoms with van der Waals surface area (Å²) in [6.07, 6.45) is 6.03. The highest BCUT2D eigenvalue weighted by Gasteiger charge is 2.39. The standard InChI is InChI=1S/C27H32F2N4O3/c28-25(29)26(35)32-15-23(34)20-13-30-24(31-14-20)12-27(8-1-9-27)21-4-2-18(3-5-21)19-6-10-33(11-7-19)22-16-36-17-22/h2-5,13-14,19,22,25H,1,6-12,15-17H2,(H,32,35). The predicted octanol–water partition coefficient (Wildman–Crippen LogP) is 3.28. The number of ketones is 1. The van der Waals surface area contributed by atoms with E-state index < -0.39 is 24.7 Å². The number of rotatable bonds is 9. The molecule has 0 spiro atoms. The Labute approximate surface area is 209 Å². The van der Waals surface area contributed by atoms with Crippen molar-refractivity contribution in [3.8, 4) is 0 Å². The molecule has 0 unspecified atom stereocenters. The number of carbonyl (C=O) groups is 2. The first-order chi connectivity index (χ1) is 17.4. The summed E-state index contributed by atoms with van der Waals surface area (Å²) in [5, 5.41) is 1.91. The summed E-state index contributed by atoms with van der Waals surface area (Å²) < 4.78 is 29.9. The minimum Gasteiger partial charge on any atom is -0.378 e. The third-order valence-electron chi connectivity index (χ3n) is 8.12. The number of hydrogen-bond donors (Lipinski definition) is 1. The fourth-order valence-corrected chi connectivity index (χ4v) is 5.55. The van der Waals surface area contributed by atoms with Gasteiger partial charge in [-0.25, -0.2) is 9.97 Å². The molecule has 3 fully saturated rings. The van der Waals surface area contributed by atoms with Crippen molar-refractivity contribution in [2.45, 2.75) is 62.3 Å². The molecule has 1 saturated carbocycles. The number of alkyl halides is 2. The Balaban J connectivity index is 1.18. The van der Waals surface area contributed by atoms with Gasteiger partial charge in [-0.05, 0) is 55.8 Å². The van der Waals surface area contributed by atoms with Gasteiger partial charge in [0, 0.05) is 24.2 Å². The number of piperidine rings is 1. The first-order valence-electron chi connectivity index (χ1n) is 12.8. The molecule has 1 aliphatic carbocycles. The first-order valence-corrected chi connectivity index (χ1v) is 12.8. The number of amides is 1. The van der Waals surface area contributed by atoms with Crippen LogP contribution in [0.25, 0.3) is 0 Å². The SMILES string of the molecule is O=C(CNC(=O)C(F)F)c1cnc(CC2(c3ccc(C4CCN(C5COC5)CC4)cc3)CCC2)nc1. The molecule has 2 aromatic rings. The van der Waals surface area contributed by atoms with E-state index in [9.17, 15) is 18.4 Å². The van der Waals surface area contributed by atoms with Crippen LogP contribution in [0.4, 0.5) is 8.78 Å². The third-order valence-corrected chi connectivity index (χ3v) is 8.12. The summed E-state index contributed by atoms with van der Waals surface area (Å²) in [6.45, 7) is 3.53. The first kappa shape index (κ1) is 24.9. The van der Waals surface area contributed by atoms with Gasteiger partial charge in [0.1, 0.15) is 5.82 Å². The number of likely N-dealkylation sites (tertiary alicyclic amines) is 1. The van der Waals surface area contributed by atoms with Gasteiger partial charge in [0.05, 0.1) is 31.4 Å². The fourth-order valence-electron chi connectivity index (χ4n) is 5.55. The number of hydrogen-bond acceptors (Lipinski definition) is 6. The number of aromatic nitrogens is 2. The van der Waals surface area contributed by atoms with Crippen molar-refractivity contribution in [3.63, 3.8) is 0 Å². The summed E-state index contributed by atoms with van der Waals surface area (Å²) in [4.78, 5) is 34.4. The highest BCUT2D eigenvalue weighted by atomic mass is 19.3. The number of ether oxygens (including phenoxy) is 1. The van der Waals surface area contributed by atoms with Crippen LogP contribution in [0, 0.1) is 0 Å². The number of nitrogens with zero attached hydrogens (tertiary/aromatic N) is 3. The maximum absolute atomic E-state index is 12.3. The van der Waals surface area contributed by atoms with Crippen LogP contribution < -0.4 is 5.32 Å². The fraction of sp³-hybridized carbons (Fsp3) is 0.556. The molecule has 192 valence electrons. The summed E-state index contributed by atoms with van der Waals surface area (Å²) in [5.41, 5.74) is 2.91. The van der Waals surface area contributed by atoms with Gasteiger partial charge in [-0.3, -0.25) is 14.5 Å². The molecule has 9 heteroatoms. The van der Waals surface area contributed by atoms with E-state index >= 15 is 0 Å². The molecule has 1 aromatic carbocycles. The van der Waals surface area contributed by atoms with Crippen LogP contribution in [0.15, 0.2) is 36.7 Å². The van der Waals surface area contributed by atoms with E-state index in [0.717, 1.165) is 45.6 Å². The molecule has 1 amide bonds. The summed E-state index contributed by atoms with van der Waals surface area (Å²) in [6, 6.07) is 9.73. The Morgan fingerprint density at radius 3 is 2.28 bits per heavy atom. The normalized spacial score (nSPS) is 20.5. The average molecular weight is 499 g/mol. The summed E-state index contributed by atoms with van der Waals surface area (Å²) in [7, 11) is 0. The maximum atomic E-state index is 12.3. The van der Waals surface area contributed by atoms with Crippen LogP contribution in [-0.4, -0.2) is 71.9 Å². The molecule has 3 aliphatic rings. The van der Waals surface area contributed by atoms with Crippen molar-refractivity contribution < 1.29 is 23.1 Å². The lowest BCUT2D eigenvalue weighted by atomic mass is 9.62. The Morgan fingerprint density at radius 2 is 1.75 bits per heavy atom. The minimum absolute atomic E-state index is 0.00286. The zero-order valence-corrected chi connectivity index (χ0v) is 20.3. The van der Waals surface area contributed by atoms with Crippen LogP contribution in [0.1, 0.15) is 65.3 Å². The van der Waals surface area contributed by atoms with Crippen LogP contribution in [0.5, 0.6) is 0 Å². The average Bonchev–Trinajstić information content (AvgIpc) is 2.84. The van der Waals surface area contributed by atoms with Crippen LogP contribution in [0.2, 0.25) is 0 Å². The smallest absolute Gasteiger partial charge is 0.315 e. The predicted molar refractivity (Wildman–Crippen MR) is 129 cm³/mol. The van der Waals surface area contributed by atoms with Gasteiger partial charge in [0.15, 0.2) is 5.78 Å². The van der Waals surface area contributed by atoms with Crippen LogP contribution >= 0.6 is 0 Å². The van der Waals surface area contributed by atoms with Crippen molar-refractivity contribution in [3.05, 3.63) is 59.2 Å². The molecule has 2 saturated heterocycles. The van der Waals surface area contributed by atoms with Crippen molar-refractivity contribution in [1.29, 1.82) is 0 Å². The molecule has 3 heterocycles. The van der Waals surface area contributed by atoms with E-state index in [0.29, 0.717) is 24.2 Å². The number of halogens is 2. The van der Waals surface area contributed by atoms with Gasteiger partial charge in [-0.1, -0.05) is 30.7 Å². The second-order valence-electron chi connectivity index (χ2n) is 10.3. The molecular weight excluding hydrogens is 466 g/mol. The van der Waals surface area contributed by atoms with E-state index in [1.54, 1.807) is 0 Å². The Morgan fingerprint density at radius 1 is 1.08 bits per heavy atom. The van der Waals surface area contributed by atoms with E-state index in [4.69, 9.17) is 4.74 Å². The van der Waals surface area contributed by atoms with Gasteiger partial charge in [0.2, 0.25) is 0 Å². The van der Waals surface area contributed by atoms with Crippen molar-refractivity contribution >= 4 is 11.7 Å². The van der Waals surface area contributed by atoms with Gasteiger partial charge >= 0.3 is 6.43 Å². The van der Waals surface area contributed by atoms with Crippen molar-refractivity contribution in [2.75, 3.05) is 32.8 Å². The molecule has 1 N–H and O–H groups in total. The molecule has 2 aliphatic heterocycles. The van der Waals surface area contributed by atoms with E-state index in [2.05, 4.69) is 39.1 Å². The van der Waals surface area contributed by atoms with Crippen LogP contribution in [-0.2, 0) is 21.4 Å². The van der Waals surface area contributed by atoms with Crippen LogP contribution in [0.3, 0.4) is 0 Å². The highest BCUT2D eigenvalue weighted by Crippen LogP contribution is 2.46. The largest absolute Gasteiger partial charge is 0.378 e. The zero-order chi connectivity index (χ0) is 25.1. The lowest BCUT2D eigenvalue weighted by Gasteiger charge is -2.43. The summed E-state index contributed by atoms with van der Waals surface area (Å²) in [5.74, 6) is -0.712. The van der Waals surface area contributed by atoms with E-state index in [-0.39, 0.29) is 11.0 Å². The number of nitrogens with one attached hydrogen (secondary N) is 1.